The van der Waals surface area contributed by atoms with Crippen molar-refractivity contribution >= 4 is 33.0 Å². The van der Waals surface area contributed by atoms with Gasteiger partial charge in [-0.25, -0.2) is 4.39 Å². The van der Waals surface area contributed by atoms with Crippen LogP contribution in [0.1, 0.15) is 40.9 Å². The number of benzene rings is 2. The first-order valence-corrected chi connectivity index (χ1v) is 12.1. The van der Waals surface area contributed by atoms with Gasteiger partial charge in [0.2, 0.25) is 5.91 Å². The van der Waals surface area contributed by atoms with Gasteiger partial charge in [0.25, 0.3) is 0 Å². The number of carbonyl (C=O) groups excluding carboxylic acids is 1. The molecule has 1 fully saturated rings. The fourth-order valence-corrected chi connectivity index (χ4v) is 6.00. The Bertz CT molecular complexity index is 1150. The van der Waals surface area contributed by atoms with E-state index < -0.39 is 0 Å². The first-order valence-electron chi connectivity index (χ1n) is 11.2. The number of rotatable bonds is 5. The number of ether oxygens (including phenoxy) is 1. The average molecular weight is 454 g/mol. The second kappa shape index (κ2) is 8.81. The molecular formula is C25H28FN3O2S. The topological polar surface area (TPSA) is 58.8 Å². The van der Waals surface area contributed by atoms with E-state index in [1.807, 2.05) is 18.2 Å². The normalized spacial score (nSPS) is 21.6. The Kier molecular flexibility index (Phi) is 5.88. The van der Waals surface area contributed by atoms with Crippen molar-refractivity contribution in [2.45, 2.75) is 31.9 Å². The van der Waals surface area contributed by atoms with Gasteiger partial charge < -0.3 is 15.4 Å². The van der Waals surface area contributed by atoms with E-state index in [0.717, 1.165) is 54.8 Å². The molecule has 1 aromatic heterocycles. The number of piperazine rings is 1. The zero-order chi connectivity index (χ0) is 22.2. The van der Waals surface area contributed by atoms with Crippen molar-refractivity contribution < 1.29 is 13.9 Å². The number of fused-ring (bicyclic) bond motifs is 2. The lowest BCUT2D eigenvalue weighted by atomic mass is 9.93. The van der Waals surface area contributed by atoms with Crippen LogP contribution in [0.15, 0.2) is 41.8 Å². The van der Waals surface area contributed by atoms with Crippen LogP contribution in [0.3, 0.4) is 0 Å². The molecule has 0 spiro atoms. The highest BCUT2D eigenvalue weighted by atomic mass is 32.1. The van der Waals surface area contributed by atoms with Gasteiger partial charge in [0.05, 0.1) is 23.1 Å². The largest absolute Gasteiger partial charge is 0.373 e. The molecule has 7 heteroatoms. The fourth-order valence-electron chi connectivity index (χ4n) is 5.01. The van der Waals surface area contributed by atoms with Crippen LogP contribution in [0.5, 0.6) is 0 Å². The molecule has 32 heavy (non-hydrogen) atoms. The lowest BCUT2D eigenvalue weighted by molar-refractivity contribution is 0.0255. The molecule has 1 saturated heterocycles. The van der Waals surface area contributed by atoms with Gasteiger partial charge in [-0.15, -0.1) is 11.3 Å². The summed E-state index contributed by atoms with van der Waals surface area (Å²) in [5.74, 6) is -0.523. The molecule has 0 saturated carbocycles. The maximum absolute atomic E-state index is 14.1. The Balaban J connectivity index is 1.23. The molecule has 2 atom stereocenters. The Labute approximate surface area is 191 Å². The van der Waals surface area contributed by atoms with Crippen LogP contribution in [-0.4, -0.2) is 49.6 Å². The number of halogens is 1. The van der Waals surface area contributed by atoms with Crippen LogP contribution in [0.25, 0.3) is 10.1 Å². The van der Waals surface area contributed by atoms with Crippen molar-refractivity contribution in [2.24, 2.45) is 5.73 Å². The molecule has 0 radical (unpaired) electrons. The van der Waals surface area contributed by atoms with Crippen LogP contribution in [-0.2, 0) is 11.2 Å². The Morgan fingerprint density at radius 1 is 1.28 bits per heavy atom. The van der Waals surface area contributed by atoms with E-state index in [1.54, 1.807) is 12.1 Å². The van der Waals surface area contributed by atoms with Crippen LogP contribution >= 0.6 is 11.3 Å². The molecule has 3 aromatic rings. The number of thiophene rings is 1. The number of primary amides is 1. The van der Waals surface area contributed by atoms with Gasteiger partial charge in [0, 0.05) is 48.6 Å². The van der Waals surface area contributed by atoms with E-state index in [2.05, 4.69) is 22.1 Å². The molecule has 3 heterocycles. The molecule has 0 bridgehead atoms. The highest BCUT2D eigenvalue weighted by molar-refractivity contribution is 7.17. The van der Waals surface area contributed by atoms with Crippen LogP contribution in [0.2, 0.25) is 0 Å². The monoisotopic (exact) mass is 453 g/mol. The lowest BCUT2D eigenvalue weighted by Gasteiger charge is -2.41. The van der Waals surface area contributed by atoms with Crippen molar-refractivity contribution in [1.82, 2.24) is 4.90 Å². The molecule has 168 valence electrons. The van der Waals surface area contributed by atoms with E-state index in [1.165, 1.54) is 28.5 Å². The van der Waals surface area contributed by atoms with Crippen molar-refractivity contribution in [3.8, 4) is 0 Å². The van der Waals surface area contributed by atoms with Crippen molar-refractivity contribution in [3.05, 3.63) is 64.3 Å². The standard InChI is InChI=1S/C25H28FN3O2S/c1-16-14-29(22-15-32-24-20(22)3-2-4-21(24)26)11-10-28(16)9-7-23-19-6-5-18(25(27)30)13-17(19)8-12-31-23/h2-6,13,15-16,23H,7-12,14H2,1H3,(H2,27,30)/t16-,23+/m1/s1. The molecule has 2 aliphatic rings. The number of hydrogen-bond acceptors (Lipinski definition) is 5. The van der Waals surface area contributed by atoms with Gasteiger partial charge in [-0.05, 0) is 49.1 Å². The van der Waals surface area contributed by atoms with Crippen molar-refractivity contribution in [3.63, 3.8) is 0 Å². The molecule has 2 aromatic carbocycles. The van der Waals surface area contributed by atoms with Crippen molar-refractivity contribution in [1.29, 1.82) is 0 Å². The second-order valence-corrected chi connectivity index (χ2v) is 9.62. The van der Waals surface area contributed by atoms with Gasteiger partial charge in [-0.2, -0.15) is 0 Å². The summed E-state index contributed by atoms with van der Waals surface area (Å²) >= 11 is 1.49. The number of carbonyl (C=O) groups is 1. The predicted octanol–water partition coefficient (Wildman–Crippen LogP) is 4.35. The third-order valence-electron chi connectivity index (χ3n) is 6.78. The quantitative estimate of drug-likeness (QED) is 0.624. The summed E-state index contributed by atoms with van der Waals surface area (Å²) < 4.78 is 20.9. The summed E-state index contributed by atoms with van der Waals surface area (Å²) in [6, 6.07) is 11.5. The molecule has 2 N–H and O–H groups in total. The SMILES string of the molecule is C[C@@H]1CN(c2csc3c(F)cccc23)CCN1CC[C@@H]1OCCc2cc(C(N)=O)ccc21. The Hall–Kier alpha value is -2.48. The summed E-state index contributed by atoms with van der Waals surface area (Å²) in [4.78, 5) is 16.4. The molecular weight excluding hydrogens is 425 g/mol. The Morgan fingerprint density at radius 2 is 2.16 bits per heavy atom. The molecule has 0 aliphatic carbocycles. The lowest BCUT2D eigenvalue weighted by Crippen LogP contribution is -2.52. The fraction of sp³-hybridized carbons (Fsp3) is 0.400. The summed E-state index contributed by atoms with van der Waals surface area (Å²) in [5.41, 5.74) is 9.50. The average Bonchev–Trinajstić information content (AvgIpc) is 3.23. The summed E-state index contributed by atoms with van der Waals surface area (Å²) in [5, 5.41) is 3.10. The second-order valence-electron chi connectivity index (χ2n) is 8.74. The maximum Gasteiger partial charge on any atom is 0.248 e. The van der Waals surface area contributed by atoms with Gasteiger partial charge in [-0.1, -0.05) is 18.2 Å². The number of hydrogen-bond donors (Lipinski definition) is 1. The summed E-state index contributed by atoms with van der Waals surface area (Å²) in [7, 11) is 0. The zero-order valence-electron chi connectivity index (χ0n) is 18.2. The predicted molar refractivity (Wildman–Crippen MR) is 127 cm³/mol. The third kappa shape index (κ3) is 4.00. The summed E-state index contributed by atoms with van der Waals surface area (Å²) in [6.07, 6.45) is 1.78. The number of nitrogens with two attached hydrogens (primary N) is 1. The number of anilines is 1. The van der Waals surface area contributed by atoms with Gasteiger partial charge >= 0.3 is 0 Å². The molecule has 5 rings (SSSR count). The van der Waals surface area contributed by atoms with Gasteiger partial charge in [0.1, 0.15) is 5.82 Å². The van der Waals surface area contributed by atoms with Gasteiger partial charge in [0.15, 0.2) is 0 Å². The molecule has 1 amide bonds. The van der Waals surface area contributed by atoms with E-state index in [-0.39, 0.29) is 17.8 Å². The number of nitrogens with zero attached hydrogens (tertiary/aromatic N) is 2. The first-order chi connectivity index (χ1) is 15.5. The highest BCUT2D eigenvalue weighted by Gasteiger charge is 2.28. The van der Waals surface area contributed by atoms with Crippen LogP contribution in [0.4, 0.5) is 10.1 Å². The smallest absolute Gasteiger partial charge is 0.248 e. The minimum atomic E-state index is -0.385. The number of amides is 1. The van der Waals surface area contributed by atoms with Crippen LogP contribution in [0, 0.1) is 5.82 Å². The van der Waals surface area contributed by atoms with E-state index in [9.17, 15) is 9.18 Å². The van der Waals surface area contributed by atoms with Crippen molar-refractivity contribution in [2.75, 3.05) is 37.7 Å². The van der Waals surface area contributed by atoms with E-state index in [4.69, 9.17) is 10.5 Å². The first kappa shape index (κ1) is 21.4. The molecule has 5 nitrogen and oxygen atoms in total. The van der Waals surface area contributed by atoms with E-state index >= 15 is 0 Å². The molecule has 0 unspecified atom stereocenters. The highest BCUT2D eigenvalue weighted by Crippen LogP contribution is 2.36. The van der Waals surface area contributed by atoms with Crippen LogP contribution < -0.4 is 10.6 Å². The minimum Gasteiger partial charge on any atom is -0.373 e. The van der Waals surface area contributed by atoms with E-state index in [0.29, 0.717) is 18.2 Å². The Morgan fingerprint density at radius 3 is 2.97 bits per heavy atom. The zero-order valence-corrected chi connectivity index (χ0v) is 19.0. The summed E-state index contributed by atoms with van der Waals surface area (Å²) in [6.45, 7) is 6.70. The minimum absolute atomic E-state index is 0.0506. The molecule has 2 aliphatic heterocycles. The van der Waals surface area contributed by atoms with Gasteiger partial charge in [-0.3, -0.25) is 9.69 Å². The third-order valence-corrected chi connectivity index (χ3v) is 7.77. The maximum atomic E-state index is 14.1.